The second-order valence-corrected chi connectivity index (χ2v) is 9.12. The van der Waals surface area contributed by atoms with Crippen LogP contribution in [0.3, 0.4) is 0 Å². The zero-order valence-electron chi connectivity index (χ0n) is 19.1. The molecule has 0 spiro atoms. The summed E-state index contributed by atoms with van der Waals surface area (Å²) in [6.45, 7) is 2.52. The van der Waals surface area contributed by atoms with Crippen LogP contribution >= 0.6 is 0 Å². The molecule has 5 rings (SSSR count). The van der Waals surface area contributed by atoms with Gasteiger partial charge in [0.25, 0.3) is 5.91 Å². The monoisotopic (exact) mass is 485 g/mol. The molecule has 0 bridgehead atoms. The van der Waals surface area contributed by atoms with E-state index in [9.17, 15) is 22.8 Å². The fourth-order valence-corrected chi connectivity index (χ4v) is 4.90. The Morgan fingerprint density at radius 1 is 0.971 bits per heavy atom. The third-order valence-electron chi connectivity index (χ3n) is 6.86. The number of benzene rings is 1. The fraction of sp³-hybridized carbons (Fsp3) is 0.400. The van der Waals surface area contributed by atoms with E-state index in [1.54, 1.807) is 15.6 Å². The molecular formula is C25H26F3N5O2. The van der Waals surface area contributed by atoms with Crippen molar-refractivity contribution >= 4 is 23.1 Å². The standard InChI is InChI=1S/C25H26F3N5O2/c26-25(27,28)19-4-3-5-20(15-19)30-24(35)32-11-6-17(7-12-32)18-8-13-33-22(14-18)21(16-29-33)23(34)31-9-1-2-10-31/h3-5,8,13-17H,1-2,6-7,9-12H2,(H,30,35). The predicted molar refractivity (Wildman–Crippen MR) is 124 cm³/mol. The lowest BCUT2D eigenvalue weighted by Gasteiger charge is -2.32. The van der Waals surface area contributed by atoms with Gasteiger partial charge >= 0.3 is 12.2 Å². The first kappa shape index (κ1) is 23.2. The summed E-state index contributed by atoms with van der Waals surface area (Å²) in [6.07, 6.45) is 2.50. The van der Waals surface area contributed by atoms with Crippen molar-refractivity contribution in [1.29, 1.82) is 0 Å². The number of fused-ring (bicyclic) bond motifs is 1. The molecule has 4 heterocycles. The highest BCUT2D eigenvalue weighted by atomic mass is 19.4. The lowest BCUT2D eigenvalue weighted by molar-refractivity contribution is -0.137. The van der Waals surface area contributed by atoms with E-state index in [1.165, 1.54) is 12.1 Å². The van der Waals surface area contributed by atoms with Crippen molar-refractivity contribution in [2.24, 2.45) is 0 Å². The number of hydrogen-bond donors (Lipinski definition) is 1. The molecule has 184 valence electrons. The van der Waals surface area contributed by atoms with E-state index in [0.29, 0.717) is 18.7 Å². The highest BCUT2D eigenvalue weighted by Gasteiger charge is 2.31. The van der Waals surface area contributed by atoms with Gasteiger partial charge in [0, 0.05) is 38.1 Å². The van der Waals surface area contributed by atoms with Crippen LogP contribution in [0.1, 0.15) is 53.1 Å². The zero-order chi connectivity index (χ0) is 24.6. The number of alkyl halides is 3. The Hall–Kier alpha value is -3.56. The van der Waals surface area contributed by atoms with Crippen LogP contribution in [0.25, 0.3) is 5.52 Å². The molecule has 0 aliphatic carbocycles. The van der Waals surface area contributed by atoms with Gasteiger partial charge < -0.3 is 15.1 Å². The minimum atomic E-state index is -4.46. The van der Waals surface area contributed by atoms with Crippen LogP contribution in [-0.4, -0.2) is 57.5 Å². The maximum atomic E-state index is 12.9. The summed E-state index contributed by atoms with van der Waals surface area (Å²) in [5, 5.41) is 6.91. The van der Waals surface area contributed by atoms with Crippen LogP contribution in [0.4, 0.5) is 23.7 Å². The van der Waals surface area contributed by atoms with Crippen molar-refractivity contribution < 1.29 is 22.8 Å². The number of nitrogens with one attached hydrogen (secondary N) is 1. The Morgan fingerprint density at radius 2 is 1.71 bits per heavy atom. The van der Waals surface area contributed by atoms with Gasteiger partial charge in [0.15, 0.2) is 0 Å². The molecule has 2 aliphatic heterocycles. The molecule has 2 fully saturated rings. The maximum Gasteiger partial charge on any atom is 0.416 e. The molecule has 0 atom stereocenters. The molecule has 0 radical (unpaired) electrons. The first-order valence-electron chi connectivity index (χ1n) is 11.8. The summed E-state index contributed by atoms with van der Waals surface area (Å²) in [4.78, 5) is 29.0. The van der Waals surface area contributed by atoms with Gasteiger partial charge in [-0.2, -0.15) is 18.3 Å². The summed E-state index contributed by atoms with van der Waals surface area (Å²) < 4.78 is 40.5. The minimum absolute atomic E-state index is 0.00994. The van der Waals surface area contributed by atoms with Gasteiger partial charge in [-0.3, -0.25) is 4.79 Å². The van der Waals surface area contributed by atoms with Gasteiger partial charge in [0.2, 0.25) is 0 Å². The summed E-state index contributed by atoms with van der Waals surface area (Å²) in [6, 6.07) is 8.23. The number of nitrogens with zero attached hydrogens (tertiary/aromatic N) is 4. The second kappa shape index (κ2) is 9.24. The second-order valence-electron chi connectivity index (χ2n) is 9.12. The molecule has 2 aliphatic rings. The first-order valence-corrected chi connectivity index (χ1v) is 11.8. The Labute approximate surface area is 200 Å². The largest absolute Gasteiger partial charge is 0.416 e. The highest BCUT2D eigenvalue weighted by molar-refractivity contribution is 6.00. The molecule has 10 heteroatoms. The zero-order valence-corrected chi connectivity index (χ0v) is 19.1. The number of hydrogen-bond acceptors (Lipinski definition) is 3. The Balaban J connectivity index is 1.24. The molecule has 2 saturated heterocycles. The van der Waals surface area contributed by atoms with E-state index >= 15 is 0 Å². The molecule has 7 nitrogen and oxygen atoms in total. The number of carbonyl (C=O) groups excluding carboxylic acids is 2. The highest BCUT2D eigenvalue weighted by Crippen LogP contribution is 2.32. The first-order chi connectivity index (χ1) is 16.8. The molecule has 1 aromatic carbocycles. The number of anilines is 1. The lowest BCUT2D eigenvalue weighted by Crippen LogP contribution is -2.40. The number of carbonyl (C=O) groups is 2. The predicted octanol–water partition coefficient (Wildman–Crippen LogP) is 5.00. The molecule has 1 N–H and O–H groups in total. The van der Waals surface area contributed by atoms with E-state index in [2.05, 4.69) is 10.4 Å². The molecule has 2 aromatic heterocycles. The van der Waals surface area contributed by atoms with Crippen molar-refractivity contribution in [2.45, 2.75) is 37.8 Å². The third kappa shape index (κ3) is 4.82. The lowest BCUT2D eigenvalue weighted by atomic mass is 9.89. The number of likely N-dealkylation sites (tertiary alicyclic amines) is 2. The molecule has 0 unspecified atom stereocenters. The summed E-state index contributed by atoms with van der Waals surface area (Å²) in [5.74, 6) is 0.220. The smallest absolute Gasteiger partial charge is 0.339 e. The molecule has 35 heavy (non-hydrogen) atoms. The molecule has 3 amide bonds. The van der Waals surface area contributed by atoms with Crippen LogP contribution in [-0.2, 0) is 6.18 Å². The van der Waals surface area contributed by atoms with Crippen molar-refractivity contribution in [3.8, 4) is 0 Å². The summed E-state index contributed by atoms with van der Waals surface area (Å²) in [7, 11) is 0. The number of piperidine rings is 1. The summed E-state index contributed by atoms with van der Waals surface area (Å²) in [5.41, 5.74) is 1.79. The van der Waals surface area contributed by atoms with Gasteiger partial charge in [-0.1, -0.05) is 6.07 Å². The normalized spacial score (nSPS) is 17.2. The van der Waals surface area contributed by atoms with Gasteiger partial charge in [-0.15, -0.1) is 0 Å². The van der Waals surface area contributed by atoms with Crippen molar-refractivity contribution in [2.75, 3.05) is 31.5 Å². The topological polar surface area (TPSA) is 70.0 Å². The van der Waals surface area contributed by atoms with Crippen LogP contribution in [0.15, 0.2) is 48.8 Å². The number of pyridine rings is 1. The number of aromatic nitrogens is 2. The SMILES string of the molecule is O=C(Nc1cccc(C(F)(F)F)c1)N1CCC(c2ccn3ncc(C(=O)N4CCCC4)c3c2)CC1. The van der Waals surface area contributed by atoms with Gasteiger partial charge in [0.1, 0.15) is 0 Å². The van der Waals surface area contributed by atoms with E-state index in [1.807, 2.05) is 23.2 Å². The average molecular weight is 486 g/mol. The van der Waals surface area contributed by atoms with E-state index < -0.39 is 17.8 Å². The number of halogens is 3. The van der Waals surface area contributed by atoms with Crippen LogP contribution in [0, 0.1) is 0 Å². The number of rotatable bonds is 3. The molecule has 0 saturated carbocycles. The quantitative estimate of drug-likeness (QED) is 0.568. The minimum Gasteiger partial charge on any atom is -0.339 e. The van der Waals surface area contributed by atoms with E-state index in [0.717, 1.165) is 62.0 Å². The Morgan fingerprint density at radius 3 is 2.43 bits per heavy atom. The van der Waals surface area contributed by atoms with Crippen LogP contribution in [0.2, 0.25) is 0 Å². The van der Waals surface area contributed by atoms with Crippen molar-refractivity contribution in [3.63, 3.8) is 0 Å². The van der Waals surface area contributed by atoms with E-state index in [-0.39, 0.29) is 17.5 Å². The van der Waals surface area contributed by atoms with Crippen LogP contribution < -0.4 is 5.32 Å². The third-order valence-corrected chi connectivity index (χ3v) is 6.86. The van der Waals surface area contributed by atoms with Crippen LogP contribution in [0.5, 0.6) is 0 Å². The Bertz CT molecular complexity index is 1240. The van der Waals surface area contributed by atoms with E-state index in [4.69, 9.17) is 0 Å². The van der Waals surface area contributed by atoms with Gasteiger partial charge in [-0.25, -0.2) is 9.31 Å². The van der Waals surface area contributed by atoms with Crippen molar-refractivity contribution in [1.82, 2.24) is 19.4 Å². The molecular weight excluding hydrogens is 459 g/mol. The average Bonchev–Trinajstić information content (AvgIpc) is 3.53. The molecule has 3 aromatic rings. The summed E-state index contributed by atoms with van der Waals surface area (Å²) >= 11 is 0. The van der Waals surface area contributed by atoms with Gasteiger partial charge in [-0.05, 0) is 67.5 Å². The fourth-order valence-electron chi connectivity index (χ4n) is 4.90. The number of urea groups is 1. The van der Waals surface area contributed by atoms with Crippen molar-refractivity contribution in [3.05, 3.63) is 65.5 Å². The maximum absolute atomic E-state index is 12.9. The Kier molecular flexibility index (Phi) is 6.12. The number of amides is 3. The van der Waals surface area contributed by atoms with Gasteiger partial charge in [0.05, 0.1) is 22.8 Å².